The largest absolute Gasteiger partial charge is 0.434 e. The first-order valence-electron chi connectivity index (χ1n) is 4.29. The Hall–Kier alpha value is -2.28. The lowest BCUT2D eigenvalue weighted by atomic mass is 10.2. The number of alkyl halides is 3. The van der Waals surface area contributed by atoms with Crippen LogP contribution in [0, 0.1) is 0 Å². The van der Waals surface area contributed by atoms with E-state index in [0.717, 1.165) is 12.2 Å². The van der Waals surface area contributed by atoms with E-state index in [2.05, 4.69) is 15.0 Å². The Kier molecular flexibility index (Phi) is 3.89. The van der Waals surface area contributed by atoms with Crippen molar-refractivity contribution in [3.05, 3.63) is 44.5 Å². The van der Waals surface area contributed by atoms with Crippen molar-refractivity contribution >= 4 is 6.08 Å². The smallest absolute Gasteiger partial charge is 0.313 e. The molecular formula is C8H6F3N5O. The van der Waals surface area contributed by atoms with Crippen LogP contribution in [0.4, 0.5) is 13.2 Å². The zero-order valence-electron chi connectivity index (χ0n) is 8.27. The Morgan fingerprint density at radius 2 is 2.29 bits per heavy atom. The molecule has 9 heteroatoms. The second kappa shape index (κ2) is 5.17. The van der Waals surface area contributed by atoms with Gasteiger partial charge in [0.1, 0.15) is 0 Å². The average Bonchev–Trinajstić information content (AvgIpc) is 2.24. The van der Waals surface area contributed by atoms with Gasteiger partial charge in [-0.3, -0.25) is 4.79 Å². The van der Waals surface area contributed by atoms with Crippen LogP contribution in [0.2, 0.25) is 0 Å². The molecule has 0 aliphatic heterocycles. The van der Waals surface area contributed by atoms with Crippen molar-refractivity contribution in [3.63, 3.8) is 0 Å². The molecule has 0 aliphatic carbocycles. The quantitative estimate of drug-likeness (QED) is 0.501. The molecule has 0 aliphatic rings. The van der Waals surface area contributed by atoms with Gasteiger partial charge in [0, 0.05) is 11.5 Å². The van der Waals surface area contributed by atoms with E-state index in [9.17, 15) is 18.0 Å². The van der Waals surface area contributed by atoms with E-state index in [1.807, 2.05) is 4.98 Å². The van der Waals surface area contributed by atoms with Gasteiger partial charge in [0.05, 0.1) is 11.9 Å². The molecule has 90 valence electrons. The maximum absolute atomic E-state index is 12.5. The summed E-state index contributed by atoms with van der Waals surface area (Å²) in [5.41, 5.74) is 5.16. The van der Waals surface area contributed by atoms with Crippen LogP contribution in [0.3, 0.4) is 0 Å². The minimum absolute atomic E-state index is 0.151. The van der Waals surface area contributed by atoms with Gasteiger partial charge in [-0.1, -0.05) is 17.3 Å². The second-order valence-corrected chi connectivity index (χ2v) is 2.81. The van der Waals surface area contributed by atoms with Crippen molar-refractivity contribution in [1.29, 1.82) is 0 Å². The highest BCUT2D eigenvalue weighted by atomic mass is 19.4. The first-order valence-corrected chi connectivity index (χ1v) is 4.29. The molecule has 0 fully saturated rings. The fraction of sp³-hybridized carbons (Fsp3) is 0.250. The summed E-state index contributed by atoms with van der Waals surface area (Å²) in [6.45, 7) is -0.151. The topological polar surface area (TPSA) is 94.5 Å². The number of hydrogen-bond donors (Lipinski definition) is 1. The summed E-state index contributed by atoms with van der Waals surface area (Å²) in [6, 6.07) is 0. The van der Waals surface area contributed by atoms with Crippen LogP contribution in [0.5, 0.6) is 0 Å². The molecule has 1 N–H and O–H groups in total. The van der Waals surface area contributed by atoms with Gasteiger partial charge in [0.25, 0.3) is 5.56 Å². The molecule has 1 rings (SSSR count). The zero-order chi connectivity index (χ0) is 12.9. The van der Waals surface area contributed by atoms with Gasteiger partial charge in [-0.25, -0.2) is 4.98 Å². The lowest BCUT2D eigenvalue weighted by molar-refractivity contribution is -0.141. The number of H-pyrrole nitrogens is 1. The van der Waals surface area contributed by atoms with Crippen molar-refractivity contribution in [2.75, 3.05) is 6.54 Å². The molecular weight excluding hydrogens is 239 g/mol. The molecule has 0 spiro atoms. The third-order valence-electron chi connectivity index (χ3n) is 1.69. The number of azide groups is 1. The predicted octanol–water partition coefficient (Wildman–Crippen LogP) is 2.11. The highest BCUT2D eigenvalue weighted by Gasteiger charge is 2.35. The van der Waals surface area contributed by atoms with Gasteiger partial charge in [0.15, 0.2) is 5.69 Å². The Bertz CT molecular complexity index is 527. The van der Waals surface area contributed by atoms with Crippen molar-refractivity contribution in [1.82, 2.24) is 9.97 Å². The molecule has 0 saturated heterocycles. The van der Waals surface area contributed by atoms with Crippen molar-refractivity contribution in [3.8, 4) is 0 Å². The van der Waals surface area contributed by atoms with Crippen LogP contribution >= 0.6 is 0 Å². The standard InChI is InChI=1S/C8H6F3N5O/c9-8(10,11)6-5(2-1-3-15-16-12)7(17)14-4-13-6/h1-2,4H,3H2,(H,13,14,17). The molecule has 0 bridgehead atoms. The summed E-state index contributed by atoms with van der Waals surface area (Å²) in [5.74, 6) is 0. The molecule has 1 aromatic rings. The Morgan fingerprint density at radius 3 is 2.88 bits per heavy atom. The number of nitrogens with one attached hydrogen (secondary N) is 1. The molecule has 0 radical (unpaired) electrons. The lowest BCUT2D eigenvalue weighted by Gasteiger charge is -2.07. The van der Waals surface area contributed by atoms with Crippen molar-refractivity contribution in [2.24, 2.45) is 5.11 Å². The van der Waals surface area contributed by atoms with E-state index in [1.165, 1.54) is 0 Å². The summed E-state index contributed by atoms with van der Waals surface area (Å²) in [4.78, 5) is 18.7. The van der Waals surface area contributed by atoms with E-state index in [-0.39, 0.29) is 6.54 Å². The molecule has 0 atom stereocenters. The van der Waals surface area contributed by atoms with Gasteiger partial charge in [-0.2, -0.15) is 13.2 Å². The van der Waals surface area contributed by atoms with E-state index < -0.39 is 23.0 Å². The fourth-order valence-electron chi connectivity index (χ4n) is 1.05. The van der Waals surface area contributed by atoms with Crippen LogP contribution < -0.4 is 5.56 Å². The van der Waals surface area contributed by atoms with E-state index in [0.29, 0.717) is 6.33 Å². The zero-order valence-corrected chi connectivity index (χ0v) is 8.27. The number of aromatic amines is 1. The van der Waals surface area contributed by atoms with Gasteiger partial charge in [-0.15, -0.1) is 0 Å². The first-order chi connectivity index (χ1) is 7.96. The maximum atomic E-state index is 12.5. The van der Waals surface area contributed by atoms with E-state index in [1.54, 1.807) is 0 Å². The Morgan fingerprint density at radius 1 is 1.59 bits per heavy atom. The van der Waals surface area contributed by atoms with Gasteiger partial charge >= 0.3 is 6.18 Å². The predicted molar refractivity (Wildman–Crippen MR) is 52.9 cm³/mol. The van der Waals surface area contributed by atoms with Crippen molar-refractivity contribution in [2.45, 2.75) is 6.18 Å². The molecule has 0 saturated carbocycles. The average molecular weight is 245 g/mol. The van der Waals surface area contributed by atoms with Crippen LogP contribution in [-0.2, 0) is 6.18 Å². The van der Waals surface area contributed by atoms with Crippen molar-refractivity contribution < 1.29 is 13.2 Å². The SMILES string of the molecule is [N-]=[N+]=NCC=Cc1c(C(F)(F)F)nc[nH]c1=O. The molecule has 0 amide bonds. The minimum Gasteiger partial charge on any atom is -0.313 e. The molecule has 0 unspecified atom stereocenters. The Labute approximate surface area is 92.4 Å². The number of hydrogen-bond acceptors (Lipinski definition) is 3. The lowest BCUT2D eigenvalue weighted by Crippen LogP contribution is -2.20. The number of aromatic nitrogens is 2. The first kappa shape index (κ1) is 12.8. The molecule has 0 aromatic carbocycles. The van der Waals surface area contributed by atoms with Crippen LogP contribution in [0.15, 0.2) is 22.3 Å². The maximum Gasteiger partial charge on any atom is 0.434 e. The molecule has 6 nitrogen and oxygen atoms in total. The fourth-order valence-corrected chi connectivity index (χ4v) is 1.05. The van der Waals surface area contributed by atoms with Gasteiger partial charge < -0.3 is 4.98 Å². The highest BCUT2D eigenvalue weighted by molar-refractivity contribution is 5.51. The second-order valence-electron chi connectivity index (χ2n) is 2.81. The summed E-state index contributed by atoms with van der Waals surface area (Å²) < 4.78 is 37.4. The summed E-state index contributed by atoms with van der Waals surface area (Å²) >= 11 is 0. The van der Waals surface area contributed by atoms with Gasteiger partial charge in [0.2, 0.25) is 0 Å². The van der Waals surface area contributed by atoms with E-state index in [4.69, 9.17) is 5.53 Å². The minimum atomic E-state index is -4.72. The van der Waals surface area contributed by atoms with Crippen LogP contribution in [0.25, 0.3) is 16.5 Å². The number of rotatable bonds is 3. The highest BCUT2D eigenvalue weighted by Crippen LogP contribution is 2.28. The molecule has 1 aromatic heterocycles. The van der Waals surface area contributed by atoms with Crippen LogP contribution in [0.1, 0.15) is 11.3 Å². The number of nitrogens with zero attached hydrogens (tertiary/aromatic N) is 4. The number of halogens is 3. The summed E-state index contributed by atoms with van der Waals surface area (Å²) in [7, 11) is 0. The van der Waals surface area contributed by atoms with Crippen LogP contribution in [-0.4, -0.2) is 16.5 Å². The normalized spacial score (nSPS) is 11.5. The monoisotopic (exact) mass is 245 g/mol. The van der Waals surface area contributed by atoms with Gasteiger partial charge in [-0.05, 0) is 5.53 Å². The Balaban J connectivity index is 3.17. The summed E-state index contributed by atoms with van der Waals surface area (Å²) in [6.07, 6.45) is -1.98. The molecule has 1 heterocycles. The summed E-state index contributed by atoms with van der Waals surface area (Å²) in [5, 5.41) is 3.09. The third kappa shape index (κ3) is 3.35. The third-order valence-corrected chi connectivity index (χ3v) is 1.69. The molecule has 17 heavy (non-hydrogen) atoms. The van der Waals surface area contributed by atoms with E-state index >= 15 is 0 Å².